The summed E-state index contributed by atoms with van der Waals surface area (Å²) in [5, 5.41) is 3.61. The first-order valence-electron chi connectivity index (χ1n) is 35.7. The van der Waals surface area contributed by atoms with Crippen LogP contribution in [0.15, 0.2) is 206 Å². The monoisotopic (exact) mass is 1250 g/mol. The number of hydrogen-bond donors (Lipinski definition) is 0. The Morgan fingerprint density at radius 1 is 0.351 bits per heavy atom. The van der Waals surface area contributed by atoms with Crippen molar-refractivity contribution < 1.29 is 28.5 Å². The maximum Gasteiger partial charge on any atom is 0.343 e. The predicted octanol–water partition coefficient (Wildman–Crippen LogP) is 24.8. The molecule has 2 aliphatic rings. The second kappa shape index (κ2) is 31.9. The third kappa shape index (κ3) is 15.7. The summed E-state index contributed by atoms with van der Waals surface area (Å²) >= 11 is 0. The molecule has 0 aliphatic heterocycles. The number of esters is 2. The van der Waals surface area contributed by atoms with Gasteiger partial charge in [-0.1, -0.05) is 237 Å². The second-order valence-electron chi connectivity index (χ2n) is 26.8. The number of rotatable bonds is 27. The normalized spacial score (nSPS) is 16.4. The van der Waals surface area contributed by atoms with Crippen LogP contribution in [0, 0.1) is 11.8 Å². The highest BCUT2D eigenvalue weighted by Crippen LogP contribution is 2.53. The van der Waals surface area contributed by atoms with E-state index < -0.39 is 11.9 Å². The van der Waals surface area contributed by atoms with Gasteiger partial charge in [-0.25, -0.2) is 9.59 Å². The highest BCUT2D eigenvalue weighted by Gasteiger charge is 2.30. The smallest absolute Gasteiger partial charge is 0.343 e. The zero-order chi connectivity index (χ0) is 64.6. The minimum atomic E-state index is -0.500. The second-order valence-corrected chi connectivity index (χ2v) is 26.8. The quantitative estimate of drug-likeness (QED) is 0.0290. The molecule has 2 saturated carbocycles. The molecule has 0 saturated heterocycles. The van der Waals surface area contributed by atoms with E-state index in [0.29, 0.717) is 58.8 Å². The van der Waals surface area contributed by atoms with Crippen LogP contribution in [0.5, 0.6) is 23.0 Å². The Morgan fingerprint density at radius 2 is 0.691 bits per heavy atom. The van der Waals surface area contributed by atoms with Gasteiger partial charge in [0, 0.05) is 22.3 Å². The van der Waals surface area contributed by atoms with E-state index in [0.717, 1.165) is 102 Å². The molecule has 482 valence electrons. The Balaban J connectivity index is 0.974. The van der Waals surface area contributed by atoms with E-state index >= 15 is 9.59 Å². The van der Waals surface area contributed by atoms with Crippen LogP contribution in [0.3, 0.4) is 0 Å². The van der Waals surface area contributed by atoms with Crippen LogP contribution in [0.2, 0.25) is 0 Å². The van der Waals surface area contributed by atoms with Crippen LogP contribution in [0.1, 0.15) is 200 Å². The van der Waals surface area contributed by atoms with E-state index in [1.54, 1.807) is 0 Å². The molecule has 0 unspecified atom stereocenters. The molecule has 0 atom stereocenters. The Bertz CT molecular complexity index is 3820. The fourth-order valence-corrected chi connectivity index (χ4v) is 14.9. The first-order chi connectivity index (χ1) is 46.2. The van der Waals surface area contributed by atoms with Gasteiger partial charge in [0.25, 0.3) is 0 Å². The van der Waals surface area contributed by atoms with Gasteiger partial charge in [-0.2, -0.15) is 0 Å². The minimum Gasteiger partial charge on any atom is -0.494 e. The number of ether oxygens (including phenoxy) is 4. The number of unbranched alkanes of at least 4 members (excludes halogenated alkanes) is 6. The van der Waals surface area contributed by atoms with Crippen molar-refractivity contribution in [3.8, 4) is 78.6 Å². The summed E-state index contributed by atoms with van der Waals surface area (Å²) in [5.41, 5.74) is 12.2. The first-order valence-corrected chi connectivity index (χ1v) is 35.7. The van der Waals surface area contributed by atoms with Crippen molar-refractivity contribution in [1.82, 2.24) is 0 Å². The Morgan fingerprint density at radius 3 is 1.04 bits per heavy atom. The van der Waals surface area contributed by atoms with Gasteiger partial charge in [-0.05, 0) is 215 Å². The molecule has 6 nitrogen and oxygen atoms in total. The predicted molar refractivity (Wildman–Crippen MR) is 390 cm³/mol. The average molecular weight is 1250 g/mol. The minimum absolute atomic E-state index is 0.386. The van der Waals surface area contributed by atoms with Crippen molar-refractivity contribution in [2.24, 2.45) is 11.8 Å². The number of hydrogen-bond acceptors (Lipinski definition) is 6. The average Bonchev–Trinajstić information content (AvgIpc) is 0.737. The summed E-state index contributed by atoms with van der Waals surface area (Å²) < 4.78 is 26.4. The number of fused-ring (bicyclic) bond motifs is 2. The van der Waals surface area contributed by atoms with E-state index in [-0.39, 0.29) is 0 Å². The summed E-state index contributed by atoms with van der Waals surface area (Å²) in [6.45, 7) is 10.4. The van der Waals surface area contributed by atoms with E-state index in [9.17, 15) is 0 Å². The van der Waals surface area contributed by atoms with Crippen LogP contribution < -0.4 is 18.9 Å². The summed E-state index contributed by atoms with van der Waals surface area (Å²) in [7, 11) is 0. The van der Waals surface area contributed by atoms with E-state index in [2.05, 4.69) is 149 Å². The van der Waals surface area contributed by atoms with Crippen LogP contribution in [-0.2, 0) is 0 Å². The van der Waals surface area contributed by atoms with Crippen LogP contribution >= 0.6 is 0 Å². The van der Waals surface area contributed by atoms with E-state index in [1.807, 2.05) is 84.9 Å². The van der Waals surface area contributed by atoms with Crippen molar-refractivity contribution in [3.63, 3.8) is 0 Å². The van der Waals surface area contributed by atoms with Crippen molar-refractivity contribution in [3.05, 3.63) is 229 Å². The molecule has 0 aromatic heterocycles. The molecule has 0 spiro atoms. The van der Waals surface area contributed by atoms with Crippen molar-refractivity contribution in [1.29, 1.82) is 0 Å². The summed E-state index contributed by atoms with van der Waals surface area (Å²) in [5.74, 6) is 4.07. The largest absolute Gasteiger partial charge is 0.494 e. The summed E-state index contributed by atoms with van der Waals surface area (Å²) in [6.07, 6.45) is 24.1. The van der Waals surface area contributed by atoms with E-state index in [1.165, 1.54) is 127 Å². The Labute approximate surface area is 559 Å². The zero-order valence-electron chi connectivity index (χ0n) is 55.9. The standard InChI is InChI=1S/C88H94O6/c1-5-9-11-17-57-91-77-53-49-69(50-54-77)67-37-45-73(46-38-67)87(89)93-85-81(71-41-33-65(34-42-71)63-29-25-61(19-7-3)26-30-63)59-75-21-13-15-23-79(75)83(85)84-80-24-16-14-22-76(80)60-82(72-43-35-66(36-44-72)64-31-27-62(20-8-4)28-32-64)86(84)94-88(90)74-47-39-68(40-48-74)70-51-55-78(56-52-70)92-58-18-12-10-6-2/h13-16,21-24,33-56,59-64H,5-12,17-20,25-32,57-58H2,1-4H3. The molecular formula is C88H94O6. The first kappa shape index (κ1) is 65.3. The highest BCUT2D eigenvalue weighted by atomic mass is 16.5. The Hall–Kier alpha value is -8.74. The molecular weight excluding hydrogens is 1150 g/mol. The van der Waals surface area contributed by atoms with Crippen LogP contribution in [0.25, 0.3) is 77.2 Å². The van der Waals surface area contributed by atoms with Gasteiger partial charge in [0.1, 0.15) is 23.0 Å². The third-order valence-corrected chi connectivity index (χ3v) is 20.3. The zero-order valence-corrected chi connectivity index (χ0v) is 55.9. The highest BCUT2D eigenvalue weighted by molar-refractivity contribution is 6.15. The van der Waals surface area contributed by atoms with E-state index in [4.69, 9.17) is 18.9 Å². The van der Waals surface area contributed by atoms with Crippen molar-refractivity contribution >= 4 is 33.5 Å². The molecule has 10 aromatic carbocycles. The lowest BCUT2D eigenvalue weighted by molar-refractivity contribution is 0.0724. The molecule has 2 aliphatic carbocycles. The summed E-state index contributed by atoms with van der Waals surface area (Å²) in [4.78, 5) is 30.8. The lowest BCUT2D eigenvalue weighted by atomic mass is 9.77. The molecule has 0 heterocycles. The van der Waals surface area contributed by atoms with Gasteiger partial charge < -0.3 is 18.9 Å². The van der Waals surface area contributed by atoms with Gasteiger partial charge in [0.05, 0.1) is 24.3 Å². The number of carbonyl (C=O) groups is 2. The third-order valence-electron chi connectivity index (χ3n) is 20.3. The number of carbonyl (C=O) groups excluding carboxylic acids is 2. The molecule has 2 fully saturated rings. The lowest BCUT2D eigenvalue weighted by Gasteiger charge is -2.29. The SMILES string of the molecule is CCCCCCOc1ccc(-c2ccc(C(=O)Oc3c(-c4ccc(C5CCC(CCC)CC5)cc4)cc4ccccc4c3-c3c(OC(=O)c4ccc(-c5ccc(OCCCCCC)cc5)cc4)c(-c4ccc(C5CCC(CCC)CC5)cc4)cc4ccccc34)cc2)cc1. The maximum absolute atomic E-state index is 15.4. The molecule has 10 aromatic rings. The lowest BCUT2D eigenvalue weighted by Crippen LogP contribution is -2.13. The molecule has 12 rings (SSSR count). The van der Waals surface area contributed by atoms with Crippen LogP contribution in [-0.4, -0.2) is 25.2 Å². The molecule has 0 amide bonds. The van der Waals surface area contributed by atoms with Gasteiger partial charge in [0.2, 0.25) is 0 Å². The van der Waals surface area contributed by atoms with Gasteiger partial charge >= 0.3 is 11.9 Å². The van der Waals surface area contributed by atoms with Gasteiger partial charge in [-0.15, -0.1) is 0 Å². The molecule has 0 radical (unpaired) electrons. The maximum atomic E-state index is 15.4. The van der Waals surface area contributed by atoms with Gasteiger partial charge in [-0.3, -0.25) is 0 Å². The molecule has 0 bridgehead atoms. The Kier molecular flexibility index (Phi) is 22.2. The van der Waals surface area contributed by atoms with Crippen molar-refractivity contribution in [2.75, 3.05) is 13.2 Å². The molecule has 94 heavy (non-hydrogen) atoms. The summed E-state index contributed by atoms with van der Waals surface area (Å²) in [6, 6.07) is 70.7. The fourth-order valence-electron chi connectivity index (χ4n) is 14.9. The van der Waals surface area contributed by atoms with Gasteiger partial charge in [0.15, 0.2) is 0 Å². The molecule has 0 N–H and O–H groups in total. The van der Waals surface area contributed by atoms with Crippen molar-refractivity contribution in [2.45, 2.75) is 168 Å². The van der Waals surface area contributed by atoms with Crippen LogP contribution in [0.4, 0.5) is 0 Å². The fraction of sp³-hybridized carbons (Fsp3) is 0.341. The topological polar surface area (TPSA) is 71.1 Å². The molecule has 6 heteroatoms. The number of benzene rings is 10.